The van der Waals surface area contributed by atoms with Gasteiger partial charge in [0.1, 0.15) is 11.3 Å². The van der Waals surface area contributed by atoms with Crippen molar-refractivity contribution in [1.29, 1.82) is 0 Å². The molecule has 1 saturated heterocycles. The lowest BCUT2D eigenvalue weighted by Crippen LogP contribution is -2.47. The van der Waals surface area contributed by atoms with E-state index in [-0.39, 0.29) is 5.91 Å². The van der Waals surface area contributed by atoms with Crippen LogP contribution in [0, 0.1) is 5.41 Å². The summed E-state index contributed by atoms with van der Waals surface area (Å²) >= 11 is 0. The number of carbonyl (C=O) groups excluding carboxylic acids is 3. The average Bonchev–Trinajstić information content (AvgIpc) is 3.17. The van der Waals surface area contributed by atoms with Gasteiger partial charge in [-0.3, -0.25) is 9.59 Å². The van der Waals surface area contributed by atoms with E-state index in [2.05, 4.69) is 5.16 Å². The number of hydrogen-bond acceptors (Lipinski definition) is 6. The van der Waals surface area contributed by atoms with Crippen molar-refractivity contribution >= 4 is 23.6 Å². The molecule has 23 heavy (non-hydrogen) atoms. The number of rotatable bonds is 2. The van der Waals surface area contributed by atoms with Gasteiger partial charge in [0.15, 0.2) is 0 Å². The Bertz CT molecular complexity index is 618. The second-order valence-corrected chi connectivity index (χ2v) is 6.36. The molecule has 3 rings (SSSR count). The lowest BCUT2D eigenvalue weighted by Gasteiger charge is -2.30. The number of amides is 1. The summed E-state index contributed by atoms with van der Waals surface area (Å²) < 4.78 is 0. The van der Waals surface area contributed by atoms with Crippen molar-refractivity contribution < 1.29 is 24.1 Å². The second-order valence-electron chi connectivity index (χ2n) is 6.36. The highest BCUT2D eigenvalue weighted by atomic mass is 16.7. The van der Waals surface area contributed by atoms with Crippen LogP contribution in [0.25, 0.3) is 0 Å². The molecule has 2 spiro atoms. The van der Waals surface area contributed by atoms with Crippen LogP contribution in [0.2, 0.25) is 0 Å². The predicted octanol–water partition coefficient (Wildman–Crippen LogP) is 1.88. The fraction of sp³-hybridized carbons (Fsp3) is 0.625. The Kier molecular flexibility index (Phi) is 3.74. The second kappa shape index (κ2) is 5.47. The molecule has 1 saturated carbocycles. The van der Waals surface area contributed by atoms with Gasteiger partial charge in [-0.1, -0.05) is 30.1 Å². The number of carbonyl (C=O) groups is 3. The van der Waals surface area contributed by atoms with Gasteiger partial charge in [0, 0.05) is 13.8 Å². The number of oxime groups is 1. The van der Waals surface area contributed by atoms with E-state index in [1.165, 1.54) is 13.8 Å². The molecule has 0 N–H and O–H groups in total. The normalized spacial score (nSPS) is 29.9. The fourth-order valence-electron chi connectivity index (χ4n) is 3.98. The molecule has 0 bridgehead atoms. The minimum Gasteiger partial charge on any atom is -0.337 e. The molecule has 3 aliphatic rings. The highest BCUT2D eigenvalue weighted by Crippen LogP contribution is 2.53. The third-order valence-corrected chi connectivity index (χ3v) is 4.85. The molecule has 1 amide bonds. The maximum absolute atomic E-state index is 13.1. The van der Waals surface area contributed by atoms with Gasteiger partial charge in [-0.15, -0.1) is 0 Å². The van der Waals surface area contributed by atoms with Gasteiger partial charge in [0.25, 0.3) is 5.91 Å². The zero-order chi connectivity index (χ0) is 16.7. The van der Waals surface area contributed by atoms with Gasteiger partial charge < -0.3 is 9.68 Å². The highest BCUT2D eigenvalue weighted by Gasteiger charge is 2.67. The monoisotopic (exact) mass is 320 g/mol. The molecule has 0 aromatic heterocycles. The maximum atomic E-state index is 13.1. The largest absolute Gasteiger partial charge is 0.337 e. The van der Waals surface area contributed by atoms with Crippen molar-refractivity contribution in [2.45, 2.75) is 57.9 Å². The van der Waals surface area contributed by atoms with E-state index in [4.69, 9.17) is 9.68 Å². The van der Waals surface area contributed by atoms with E-state index >= 15 is 0 Å². The molecule has 0 radical (unpaired) electrons. The summed E-state index contributed by atoms with van der Waals surface area (Å²) in [4.78, 5) is 45.9. The molecule has 0 aromatic carbocycles. The van der Waals surface area contributed by atoms with Crippen molar-refractivity contribution in [2.24, 2.45) is 10.6 Å². The first-order chi connectivity index (χ1) is 10.9. The summed E-state index contributed by atoms with van der Waals surface area (Å²) in [6.07, 6.45) is 8.09. The summed E-state index contributed by atoms with van der Waals surface area (Å²) in [6, 6.07) is 0. The smallest absolute Gasteiger partial charge is 0.331 e. The van der Waals surface area contributed by atoms with Crippen LogP contribution in [0.1, 0.15) is 52.4 Å². The zero-order valence-corrected chi connectivity index (χ0v) is 13.3. The Balaban J connectivity index is 2.12. The zero-order valence-electron chi connectivity index (χ0n) is 13.3. The molecule has 1 heterocycles. The van der Waals surface area contributed by atoms with Crippen LogP contribution >= 0.6 is 0 Å². The van der Waals surface area contributed by atoms with Crippen LogP contribution in [0.15, 0.2) is 17.3 Å². The molecular weight excluding hydrogens is 300 g/mol. The molecule has 2 fully saturated rings. The standard InChI is InChI=1S/C16H20N2O5/c1-11(19)22-17-13-15(7-3-4-8-15)14(21)18(23-12(2)20)16(13)9-5-6-10-16/h5,9H,3-4,6-8,10H2,1-2H3. The van der Waals surface area contributed by atoms with Crippen molar-refractivity contribution in [2.75, 3.05) is 0 Å². The molecular formula is C16H20N2O5. The van der Waals surface area contributed by atoms with E-state index in [0.29, 0.717) is 25.0 Å². The Labute approximate surface area is 134 Å². The lowest BCUT2D eigenvalue weighted by molar-refractivity contribution is -0.206. The van der Waals surface area contributed by atoms with Crippen molar-refractivity contribution in [1.82, 2.24) is 5.06 Å². The van der Waals surface area contributed by atoms with Crippen LogP contribution in [-0.2, 0) is 24.1 Å². The maximum Gasteiger partial charge on any atom is 0.331 e. The summed E-state index contributed by atoms with van der Waals surface area (Å²) in [6.45, 7) is 2.53. The Morgan fingerprint density at radius 2 is 1.87 bits per heavy atom. The van der Waals surface area contributed by atoms with Crippen molar-refractivity contribution in [3.8, 4) is 0 Å². The third-order valence-electron chi connectivity index (χ3n) is 4.85. The summed E-state index contributed by atoms with van der Waals surface area (Å²) in [7, 11) is 0. The van der Waals surface area contributed by atoms with Crippen LogP contribution < -0.4 is 0 Å². The topological polar surface area (TPSA) is 85.3 Å². The first-order valence-corrected chi connectivity index (χ1v) is 7.90. The molecule has 1 atom stereocenters. The highest BCUT2D eigenvalue weighted by molar-refractivity contribution is 6.20. The Morgan fingerprint density at radius 3 is 2.39 bits per heavy atom. The van der Waals surface area contributed by atoms with Crippen LogP contribution in [-0.4, -0.2) is 34.2 Å². The van der Waals surface area contributed by atoms with Crippen LogP contribution in [0.5, 0.6) is 0 Å². The van der Waals surface area contributed by atoms with Crippen molar-refractivity contribution in [3.05, 3.63) is 12.2 Å². The van der Waals surface area contributed by atoms with E-state index in [0.717, 1.165) is 24.3 Å². The van der Waals surface area contributed by atoms with Gasteiger partial charge in [0.2, 0.25) is 0 Å². The van der Waals surface area contributed by atoms with Gasteiger partial charge >= 0.3 is 11.9 Å². The Morgan fingerprint density at radius 1 is 1.17 bits per heavy atom. The molecule has 2 aliphatic carbocycles. The van der Waals surface area contributed by atoms with Crippen molar-refractivity contribution in [3.63, 3.8) is 0 Å². The van der Waals surface area contributed by atoms with Gasteiger partial charge in [-0.25, -0.2) is 4.79 Å². The minimum atomic E-state index is -0.928. The lowest BCUT2D eigenvalue weighted by atomic mass is 9.76. The van der Waals surface area contributed by atoms with Gasteiger partial charge in [0.05, 0.1) is 5.41 Å². The molecule has 1 aliphatic heterocycles. The molecule has 7 heteroatoms. The summed E-state index contributed by atoms with van der Waals surface area (Å²) in [5.74, 6) is -1.36. The van der Waals surface area contributed by atoms with Crippen LogP contribution in [0.4, 0.5) is 0 Å². The van der Waals surface area contributed by atoms with E-state index in [9.17, 15) is 14.4 Å². The van der Waals surface area contributed by atoms with E-state index in [1.807, 2.05) is 12.2 Å². The number of allylic oxidation sites excluding steroid dienone is 1. The fourth-order valence-corrected chi connectivity index (χ4v) is 3.98. The quantitative estimate of drug-likeness (QED) is 0.440. The first kappa shape index (κ1) is 15.7. The van der Waals surface area contributed by atoms with Gasteiger partial charge in [-0.05, 0) is 25.7 Å². The Hall–Kier alpha value is -2.18. The van der Waals surface area contributed by atoms with Crippen LogP contribution in [0.3, 0.4) is 0 Å². The number of hydroxylamine groups is 2. The molecule has 0 aromatic rings. The summed E-state index contributed by atoms with van der Waals surface area (Å²) in [5.41, 5.74) is -1.26. The predicted molar refractivity (Wildman–Crippen MR) is 79.8 cm³/mol. The minimum absolute atomic E-state index is 0.261. The summed E-state index contributed by atoms with van der Waals surface area (Å²) in [5, 5.41) is 5.22. The number of hydrogen-bond donors (Lipinski definition) is 0. The number of nitrogens with zero attached hydrogens (tertiary/aromatic N) is 2. The average molecular weight is 320 g/mol. The van der Waals surface area contributed by atoms with E-state index < -0.39 is 22.9 Å². The molecule has 124 valence electrons. The third kappa shape index (κ3) is 2.26. The van der Waals surface area contributed by atoms with E-state index in [1.54, 1.807) is 0 Å². The first-order valence-electron chi connectivity index (χ1n) is 7.90. The molecule has 1 unspecified atom stereocenters. The molecule has 7 nitrogen and oxygen atoms in total. The SMILES string of the molecule is CC(=O)ON=C1C2(CCCC2)C(=O)N(OC(C)=O)C12C=CCC2. The van der Waals surface area contributed by atoms with Gasteiger partial charge in [-0.2, -0.15) is 5.06 Å².